The summed E-state index contributed by atoms with van der Waals surface area (Å²) in [5.74, 6) is -0.493. The first-order valence-electron chi connectivity index (χ1n) is 6.79. The molecule has 2 rings (SSSR count). The standard InChI is InChI=1S/C15H19FN4O/c1-19(2)9-3-8-17-15(21)14-10-20(11-18-14)13-6-4-12(16)5-7-13/h4-7,10-11H,3,8-9H2,1-2H3,(H,17,21). The Morgan fingerprint density at radius 1 is 1.33 bits per heavy atom. The molecule has 0 fully saturated rings. The van der Waals surface area contributed by atoms with Gasteiger partial charge in [0.2, 0.25) is 0 Å². The predicted octanol–water partition coefficient (Wildman–Crippen LogP) is 1.69. The lowest BCUT2D eigenvalue weighted by Crippen LogP contribution is -2.27. The third-order valence-corrected chi connectivity index (χ3v) is 3.01. The second-order valence-electron chi connectivity index (χ2n) is 5.06. The Hall–Kier alpha value is -2.21. The Kier molecular flexibility index (Phi) is 5.05. The number of carbonyl (C=O) groups is 1. The van der Waals surface area contributed by atoms with E-state index in [1.807, 2.05) is 14.1 Å². The van der Waals surface area contributed by atoms with Crippen LogP contribution in [0.5, 0.6) is 0 Å². The van der Waals surface area contributed by atoms with Crippen LogP contribution in [0.25, 0.3) is 5.69 Å². The number of halogens is 1. The largest absolute Gasteiger partial charge is 0.351 e. The first kappa shape index (κ1) is 15.2. The van der Waals surface area contributed by atoms with Gasteiger partial charge in [-0.1, -0.05) is 0 Å². The van der Waals surface area contributed by atoms with Crippen molar-refractivity contribution in [1.29, 1.82) is 0 Å². The number of aromatic nitrogens is 2. The van der Waals surface area contributed by atoms with Crippen LogP contribution in [0, 0.1) is 5.82 Å². The highest BCUT2D eigenvalue weighted by Gasteiger charge is 2.09. The van der Waals surface area contributed by atoms with Crippen LogP contribution < -0.4 is 5.32 Å². The molecule has 0 aliphatic heterocycles. The summed E-state index contributed by atoms with van der Waals surface area (Å²) >= 11 is 0. The topological polar surface area (TPSA) is 50.2 Å². The average molecular weight is 290 g/mol. The van der Waals surface area contributed by atoms with E-state index in [4.69, 9.17) is 0 Å². The van der Waals surface area contributed by atoms with E-state index >= 15 is 0 Å². The number of nitrogens with one attached hydrogen (secondary N) is 1. The van der Waals surface area contributed by atoms with Crippen molar-refractivity contribution in [1.82, 2.24) is 19.8 Å². The van der Waals surface area contributed by atoms with Gasteiger partial charge in [-0.3, -0.25) is 4.79 Å². The molecule has 0 spiro atoms. The van der Waals surface area contributed by atoms with Gasteiger partial charge in [-0.05, 0) is 51.3 Å². The molecule has 1 amide bonds. The number of hydrogen-bond acceptors (Lipinski definition) is 3. The summed E-state index contributed by atoms with van der Waals surface area (Å²) in [7, 11) is 3.98. The van der Waals surface area contributed by atoms with Crippen LogP contribution in [0.2, 0.25) is 0 Å². The number of carbonyl (C=O) groups excluding carboxylic acids is 1. The van der Waals surface area contributed by atoms with Gasteiger partial charge in [-0.2, -0.15) is 0 Å². The van der Waals surface area contributed by atoms with Crippen molar-refractivity contribution in [2.24, 2.45) is 0 Å². The normalized spacial score (nSPS) is 10.9. The number of rotatable bonds is 6. The lowest BCUT2D eigenvalue weighted by molar-refractivity contribution is 0.0948. The van der Waals surface area contributed by atoms with Gasteiger partial charge in [0.05, 0.1) is 0 Å². The molecule has 21 heavy (non-hydrogen) atoms. The molecule has 0 saturated heterocycles. The van der Waals surface area contributed by atoms with Crippen LogP contribution in [0.3, 0.4) is 0 Å². The van der Waals surface area contributed by atoms with Crippen molar-refractivity contribution >= 4 is 5.91 Å². The smallest absolute Gasteiger partial charge is 0.271 e. The van der Waals surface area contributed by atoms with Gasteiger partial charge in [0, 0.05) is 18.4 Å². The molecule has 0 bridgehead atoms. The van der Waals surface area contributed by atoms with E-state index in [1.54, 1.807) is 29.2 Å². The van der Waals surface area contributed by atoms with Gasteiger partial charge in [0.25, 0.3) is 5.91 Å². The molecule has 0 saturated carbocycles. The molecule has 0 atom stereocenters. The highest BCUT2D eigenvalue weighted by Crippen LogP contribution is 2.09. The molecule has 0 aliphatic carbocycles. The molecule has 1 heterocycles. The van der Waals surface area contributed by atoms with E-state index in [2.05, 4.69) is 15.2 Å². The highest BCUT2D eigenvalue weighted by molar-refractivity contribution is 5.92. The average Bonchev–Trinajstić information content (AvgIpc) is 2.94. The number of amides is 1. The maximum Gasteiger partial charge on any atom is 0.271 e. The van der Waals surface area contributed by atoms with Gasteiger partial charge in [-0.15, -0.1) is 0 Å². The zero-order chi connectivity index (χ0) is 15.2. The molecule has 1 aromatic heterocycles. The van der Waals surface area contributed by atoms with Gasteiger partial charge >= 0.3 is 0 Å². The SMILES string of the molecule is CN(C)CCCNC(=O)c1cn(-c2ccc(F)cc2)cn1. The molecule has 112 valence electrons. The summed E-state index contributed by atoms with van der Waals surface area (Å²) in [5, 5.41) is 2.83. The third kappa shape index (κ3) is 4.39. The second-order valence-corrected chi connectivity index (χ2v) is 5.06. The molecule has 0 aliphatic rings. The first-order valence-corrected chi connectivity index (χ1v) is 6.79. The molecular formula is C15H19FN4O. The summed E-state index contributed by atoms with van der Waals surface area (Å²) in [6.45, 7) is 1.53. The number of nitrogens with zero attached hydrogens (tertiary/aromatic N) is 3. The zero-order valence-corrected chi connectivity index (χ0v) is 12.2. The van der Waals surface area contributed by atoms with Crippen molar-refractivity contribution < 1.29 is 9.18 Å². The van der Waals surface area contributed by atoms with E-state index < -0.39 is 0 Å². The molecular weight excluding hydrogens is 271 g/mol. The molecule has 5 nitrogen and oxygen atoms in total. The van der Waals surface area contributed by atoms with E-state index in [0.29, 0.717) is 12.2 Å². The minimum absolute atomic E-state index is 0.199. The maximum atomic E-state index is 12.9. The summed E-state index contributed by atoms with van der Waals surface area (Å²) < 4.78 is 14.6. The summed E-state index contributed by atoms with van der Waals surface area (Å²) in [6, 6.07) is 6.01. The monoisotopic (exact) mass is 290 g/mol. The van der Waals surface area contributed by atoms with E-state index in [-0.39, 0.29) is 11.7 Å². The predicted molar refractivity (Wildman–Crippen MR) is 79.0 cm³/mol. The maximum absolute atomic E-state index is 12.9. The lowest BCUT2D eigenvalue weighted by Gasteiger charge is -2.09. The van der Waals surface area contributed by atoms with Crippen LogP contribution in [0.4, 0.5) is 4.39 Å². The molecule has 1 aromatic carbocycles. The van der Waals surface area contributed by atoms with Crippen LogP contribution in [-0.2, 0) is 0 Å². The third-order valence-electron chi connectivity index (χ3n) is 3.01. The first-order chi connectivity index (χ1) is 10.1. The van der Waals surface area contributed by atoms with Gasteiger partial charge in [0.15, 0.2) is 0 Å². The fourth-order valence-electron chi connectivity index (χ4n) is 1.88. The zero-order valence-electron chi connectivity index (χ0n) is 12.2. The van der Waals surface area contributed by atoms with E-state index in [1.165, 1.54) is 12.1 Å². The Balaban J connectivity index is 1.93. The quantitative estimate of drug-likeness (QED) is 0.824. The van der Waals surface area contributed by atoms with Crippen molar-refractivity contribution in [3.8, 4) is 5.69 Å². The van der Waals surface area contributed by atoms with Crippen molar-refractivity contribution in [3.63, 3.8) is 0 Å². The molecule has 0 unspecified atom stereocenters. The van der Waals surface area contributed by atoms with Gasteiger partial charge in [0.1, 0.15) is 17.8 Å². The van der Waals surface area contributed by atoms with E-state index in [0.717, 1.165) is 18.7 Å². The van der Waals surface area contributed by atoms with Crippen LogP contribution in [0.1, 0.15) is 16.9 Å². The number of imidazole rings is 1. The fraction of sp³-hybridized carbons (Fsp3) is 0.333. The van der Waals surface area contributed by atoms with Gasteiger partial charge in [-0.25, -0.2) is 9.37 Å². The Bertz CT molecular complexity index is 592. The summed E-state index contributed by atoms with van der Waals surface area (Å²) in [5.41, 5.74) is 1.11. The van der Waals surface area contributed by atoms with Crippen molar-refractivity contribution in [2.45, 2.75) is 6.42 Å². The lowest BCUT2D eigenvalue weighted by atomic mass is 10.3. The highest BCUT2D eigenvalue weighted by atomic mass is 19.1. The van der Waals surface area contributed by atoms with Crippen LogP contribution in [-0.4, -0.2) is 47.5 Å². The Morgan fingerprint density at radius 2 is 2.05 bits per heavy atom. The second kappa shape index (κ2) is 6.99. The fourth-order valence-corrected chi connectivity index (χ4v) is 1.88. The van der Waals surface area contributed by atoms with Crippen molar-refractivity contribution in [3.05, 3.63) is 48.3 Å². The minimum Gasteiger partial charge on any atom is -0.351 e. The summed E-state index contributed by atoms with van der Waals surface area (Å²) in [4.78, 5) is 18.1. The number of hydrogen-bond donors (Lipinski definition) is 1. The molecule has 1 N–H and O–H groups in total. The Labute approximate surface area is 123 Å². The van der Waals surface area contributed by atoms with Crippen LogP contribution in [0.15, 0.2) is 36.8 Å². The molecule has 2 aromatic rings. The van der Waals surface area contributed by atoms with Gasteiger partial charge < -0.3 is 14.8 Å². The van der Waals surface area contributed by atoms with E-state index in [9.17, 15) is 9.18 Å². The molecule has 0 radical (unpaired) electrons. The number of benzene rings is 1. The minimum atomic E-state index is -0.294. The Morgan fingerprint density at radius 3 is 2.71 bits per heavy atom. The van der Waals surface area contributed by atoms with Crippen LogP contribution >= 0.6 is 0 Å². The van der Waals surface area contributed by atoms with Crippen molar-refractivity contribution in [2.75, 3.05) is 27.2 Å². The molecule has 6 heteroatoms. The summed E-state index contributed by atoms with van der Waals surface area (Å²) in [6.07, 6.45) is 4.06.